The van der Waals surface area contributed by atoms with Gasteiger partial charge in [0.05, 0.1) is 10.2 Å². The fourth-order valence-corrected chi connectivity index (χ4v) is 1.54. The smallest absolute Gasteiger partial charge is 0.312 e. The summed E-state index contributed by atoms with van der Waals surface area (Å²) in [4.78, 5) is 13.6. The largest absolute Gasteiger partial charge is 0.330 e. The van der Waals surface area contributed by atoms with Crippen molar-refractivity contribution in [3.05, 3.63) is 51.4 Å². The summed E-state index contributed by atoms with van der Waals surface area (Å²) < 4.78 is 15.1. The van der Waals surface area contributed by atoms with Crippen molar-refractivity contribution < 1.29 is 4.39 Å². The van der Waals surface area contributed by atoms with Gasteiger partial charge < -0.3 is 4.98 Å². The van der Waals surface area contributed by atoms with E-state index in [-0.39, 0.29) is 11.4 Å². The van der Waals surface area contributed by atoms with E-state index in [1.54, 1.807) is 12.1 Å². The Labute approximate surface area is 87.3 Å². The van der Waals surface area contributed by atoms with Crippen molar-refractivity contribution in [3.8, 4) is 5.69 Å². The van der Waals surface area contributed by atoms with E-state index < -0.39 is 5.82 Å². The SMILES string of the molecule is O=c1[nH]ccn1-c1cccc(Br)c1F. The van der Waals surface area contributed by atoms with E-state index in [0.717, 1.165) is 0 Å². The lowest BCUT2D eigenvalue weighted by molar-refractivity contribution is 0.610. The second-order valence-electron chi connectivity index (χ2n) is 2.71. The number of aromatic nitrogens is 2. The molecule has 0 spiro atoms. The van der Waals surface area contributed by atoms with E-state index in [1.165, 1.54) is 23.0 Å². The van der Waals surface area contributed by atoms with Gasteiger partial charge in [-0.05, 0) is 28.1 Å². The molecule has 0 unspecified atom stereocenters. The van der Waals surface area contributed by atoms with Crippen molar-refractivity contribution in [2.45, 2.75) is 0 Å². The van der Waals surface area contributed by atoms with E-state index in [2.05, 4.69) is 20.9 Å². The van der Waals surface area contributed by atoms with Gasteiger partial charge in [0.1, 0.15) is 0 Å². The van der Waals surface area contributed by atoms with Crippen molar-refractivity contribution in [3.63, 3.8) is 0 Å². The summed E-state index contributed by atoms with van der Waals surface area (Å²) in [5.74, 6) is -0.450. The van der Waals surface area contributed by atoms with Gasteiger partial charge in [-0.15, -0.1) is 0 Å². The molecule has 1 aromatic carbocycles. The molecule has 3 nitrogen and oxygen atoms in total. The molecule has 1 aromatic heterocycles. The molecule has 0 aliphatic heterocycles. The van der Waals surface area contributed by atoms with Gasteiger partial charge in [0.25, 0.3) is 0 Å². The Balaban J connectivity index is 2.69. The molecule has 0 amide bonds. The third-order valence-electron chi connectivity index (χ3n) is 1.84. The highest BCUT2D eigenvalue weighted by molar-refractivity contribution is 9.10. The summed E-state index contributed by atoms with van der Waals surface area (Å²) in [6.45, 7) is 0. The molecule has 0 aliphatic carbocycles. The van der Waals surface area contributed by atoms with Gasteiger partial charge in [0.15, 0.2) is 5.82 Å². The van der Waals surface area contributed by atoms with Gasteiger partial charge in [0.2, 0.25) is 0 Å². The first kappa shape index (κ1) is 9.21. The minimum absolute atomic E-state index is 0.227. The Bertz CT molecular complexity index is 518. The van der Waals surface area contributed by atoms with Crippen molar-refractivity contribution in [1.82, 2.24) is 9.55 Å². The second-order valence-corrected chi connectivity index (χ2v) is 3.56. The Hall–Kier alpha value is -1.36. The summed E-state index contributed by atoms with van der Waals surface area (Å²) in [7, 11) is 0. The Kier molecular flexibility index (Phi) is 2.25. The molecule has 5 heteroatoms. The maximum Gasteiger partial charge on any atom is 0.330 e. The molecular weight excluding hydrogens is 251 g/mol. The zero-order valence-electron chi connectivity index (χ0n) is 7.00. The van der Waals surface area contributed by atoms with Crippen molar-refractivity contribution in [2.24, 2.45) is 0 Å². The van der Waals surface area contributed by atoms with Crippen LogP contribution in [-0.4, -0.2) is 9.55 Å². The lowest BCUT2D eigenvalue weighted by atomic mass is 10.3. The molecule has 2 rings (SSSR count). The molecule has 0 saturated heterocycles. The highest BCUT2D eigenvalue weighted by Crippen LogP contribution is 2.20. The number of hydrogen-bond donors (Lipinski definition) is 1. The number of hydrogen-bond acceptors (Lipinski definition) is 1. The summed E-state index contributed by atoms with van der Waals surface area (Å²) in [5.41, 5.74) is -0.132. The molecule has 1 N–H and O–H groups in total. The summed E-state index contributed by atoms with van der Waals surface area (Å²) >= 11 is 3.06. The van der Waals surface area contributed by atoms with Crippen LogP contribution >= 0.6 is 15.9 Å². The first-order chi connectivity index (χ1) is 6.70. The molecule has 0 aliphatic rings. The van der Waals surface area contributed by atoms with Crippen LogP contribution in [0.4, 0.5) is 4.39 Å². The standard InChI is InChI=1S/C9H6BrFN2O/c10-6-2-1-3-7(8(6)11)13-5-4-12-9(13)14/h1-5H,(H,12,14). The van der Waals surface area contributed by atoms with Gasteiger partial charge in [0, 0.05) is 12.4 Å². The first-order valence-corrected chi connectivity index (χ1v) is 4.70. The van der Waals surface area contributed by atoms with Gasteiger partial charge >= 0.3 is 5.69 Å². The van der Waals surface area contributed by atoms with Crippen molar-refractivity contribution in [2.75, 3.05) is 0 Å². The lowest BCUT2D eigenvalue weighted by Gasteiger charge is -2.03. The predicted molar refractivity (Wildman–Crippen MR) is 54.0 cm³/mol. The number of rotatable bonds is 1. The highest BCUT2D eigenvalue weighted by atomic mass is 79.9. The topological polar surface area (TPSA) is 37.8 Å². The number of aromatic amines is 1. The monoisotopic (exact) mass is 256 g/mol. The van der Waals surface area contributed by atoms with Crippen molar-refractivity contribution >= 4 is 15.9 Å². The molecule has 14 heavy (non-hydrogen) atoms. The summed E-state index contributed by atoms with van der Waals surface area (Å²) in [5, 5.41) is 0. The zero-order chi connectivity index (χ0) is 10.1. The molecular formula is C9H6BrFN2O. The Morgan fingerprint density at radius 1 is 1.43 bits per heavy atom. The minimum atomic E-state index is -0.450. The average molecular weight is 257 g/mol. The third-order valence-corrected chi connectivity index (χ3v) is 2.45. The van der Waals surface area contributed by atoms with Crippen LogP contribution in [0.25, 0.3) is 5.69 Å². The Morgan fingerprint density at radius 2 is 2.21 bits per heavy atom. The lowest BCUT2D eigenvalue weighted by Crippen LogP contribution is -2.15. The summed E-state index contributed by atoms with van der Waals surface area (Å²) in [6.07, 6.45) is 2.94. The predicted octanol–water partition coefficient (Wildman–Crippen LogP) is 2.07. The van der Waals surface area contributed by atoms with Gasteiger partial charge in [-0.3, -0.25) is 4.57 Å². The molecule has 0 saturated carbocycles. The van der Waals surface area contributed by atoms with Crippen LogP contribution in [0.2, 0.25) is 0 Å². The fraction of sp³-hybridized carbons (Fsp3) is 0. The van der Waals surface area contributed by atoms with Crippen LogP contribution in [0.5, 0.6) is 0 Å². The van der Waals surface area contributed by atoms with Crippen LogP contribution < -0.4 is 5.69 Å². The van der Waals surface area contributed by atoms with Gasteiger partial charge in [-0.2, -0.15) is 0 Å². The van der Waals surface area contributed by atoms with E-state index in [9.17, 15) is 9.18 Å². The molecule has 2 aromatic rings. The van der Waals surface area contributed by atoms with E-state index in [4.69, 9.17) is 0 Å². The van der Waals surface area contributed by atoms with Crippen LogP contribution in [-0.2, 0) is 0 Å². The molecule has 72 valence electrons. The van der Waals surface area contributed by atoms with E-state index >= 15 is 0 Å². The van der Waals surface area contributed by atoms with Crippen LogP contribution in [0.3, 0.4) is 0 Å². The molecule has 0 fully saturated rings. The quantitative estimate of drug-likeness (QED) is 0.834. The molecule has 0 radical (unpaired) electrons. The summed E-state index contributed by atoms with van der Waals surface area (Å²) in [6, 6.07) is 4.79. The van der Waals surface area contributed by atoms with Crippen LogP contribution in [0.1, 0.15) is 0 Å². The number of nitrogens with zero attached hydrogens (tertiary/aromatic N) is 1. The van der Waals surface area contributed by atoms with E-state index in [0.29, 0.717) is 4.47 Å². The third kappa shape index (κ3) is 1.39. The molecule has 0 atom stereocenters. The van der Waals surface area contributed by atoms with E-state index in [1.807, 2.05) is 0 Å². The maximum atomic E-state index is 13.5. The highest BCUT2D eigenvalue weighted by Gasteiger charge is 2.08. The number of benzene rings is 1. The van der Waals surface area contributed by atoms with Crippen molar-refractivity contribution in [1.29, 1.82) is 0 Å². The van der Waals surface area contributed by atoms with Crippen LogP contribution in [0, 0.1) is 5.82 Å². The number of imidazole rings is 1. The number of H-pyrrole nitrogens is 1. The number of halogens is 2. The minimum Gasteiger partial charge on any atom is -0.312 e. The van der Waals surface area contributed by atoms with Gasteiger partial charge in [-0.1, -0.05) is 6.07 Å². The molecule has 0 bridgehead atoms. The second kappa shape index (κ2) is 3.42. The maximum absolute atomic E-state index is 13.5. The zero-order valence-corrected chi connectivity index (χ0v) is 8.58. The fourth-order valence-electron chi connectivity index (χ4n) is 1.19. The normalized spacial score (nSPS) is 10.4. The first-order valence-electron chi connectivity index (χ1n) is 3.90. The number of nitrogens with one attached hydrogen (secondary N) is 1. The molecule has 1 heterocycles. The average Bonchev–Trinajstić information content (AvgIpc) is 2.57. The van der Waals surface area contributed by atoms with Gasteiger partial charge in [-0.25, -0.2) is 9.18 Å². The Morgan fingerprint density at radius 3 is 2.86 bits per heavy atom. The van der Waals surface area contributed by atoms with Crippen LogP contribution in [0.15, 0.2) is 39.9 Å².